The van der Waals surface area contributed by atoms with Crippen molar-refractivity contribution < 1.29 is 4.79 Å². The number of aromatic nitrogens is 1. The van der Waals surface area contributed by atoms with Gasteiger partial charge in [-0.15, -0.1) is 11.3 Å². The minimum absolute atomic E-state index is 0.306. The second-order valence-corrected chi connectivity index (χ2v) is 7.39. The standard InChI is InChI=1S/C19H25N3OS/c1-16-5-3-9-20-18(16)15-21-10-12-22(13-11-21)19(23)8-2-6-17-7-4-14-24-17/h3-5,7,9,14H,2,6,8,10-13,15H2,1H3. The number of aryl methyl sites for hydroxylation is 2. The van der Waals surface area contributed by atoms with E-state index in [1.807, 2.05) is 17.2 Å². The molecule has 2 aromatic rings. The second-order valence-electron chi connectivity index (χ2n) is 6.36. The Morgan fingerprint density at radius 2 is 2.04 bits per heavy atom. The van der Waals surface area contributed by atoms with Gasteiger partial charge in [0.1, 0.15) is 0 Å². The molecule has 1 aliphatic rings. The molecular weight excluding hydrogens is 318 g/mol. The van der Waals surface area contributed by atoms with E-state index in [0.29, 0.717) is 12.3 Å². The van der Waals surface area contributed by atoms with Crippen LogP contribution in [0.15, 0.2) is 35.8 Å². The van der Waals surface area contributed by atoms with Crippen LogP contribution in [0.3, 0.4) is 0 Å². The first-order valence-electron chi connectivity index (χ1n) is 8.65. The highest BCUT2D eigenvalue weighted by Gasteiger charge is 2.21. The summed E-state index contributed by atoms with van der Waals surface area (Å²) < 4.78 is 0. The van der Waals surface area contributed by atoms with Crippen LogP contribution >= 0.6 is 11.3 Å². The molecule has 0 atom stereocenters. The molecular formula is C19H25N3OS. The Bertz CT molecular complexity index is 648. The Kier molecular flexibility index (Phi) is 5.99. The van der Waals surface area contributed by atoms with Crippen molar-refractivity contribution >= 4 is 17.2 Å². The van der Waals surface area contributed by atoms with Gasteiger partial charge in [-0.1, -0.05) is 12.1 Å². The normalized spacial score (nSPS) is 15.6. The number of carbonyl (C=O) groups is 1. The third-order valence-electron chi connectivity index (χ3n) is 4.61. The van der Waals surface area contributed by atoms with Crippen LogP contribution < -0.4 is 0 Å². The number of nitrogens with zero attached hydrogens (tertiary/aromatic N) is 3. The largest absolute Gasteiger partial charge is 0.340 e. The Hall–Kier alpha value is -1.72. The van der Waals surface area contributed by atoms with Crippen molar-refractivity contribution in [3.8, 4) is 0 Å². The molecule has 0 radical (unpaired) electrons. The van der Waals surface area contributed by atoms with Gasteiger partial charge in [0.15, 0.2) is 0 Å². The molecule has 0 N–H and O–H groups in total. The Labute approximate surface area is 148 Å². The molecule has 128 valence electrons. The van der Waals surface area contributed by atoms with E-state index in [2.05, 4.69) is 40.4 Å². The average molecular weight is 343 g/mol. The number of piperazine rings is 1. The fourth-order valence-electron chi connectivity index (χ4n) is 3.08. The highest BCUT2D eigenvalue weighted by Crippen LogP contribution is 2.14. The molecule has 5 heteroatoms. The number of pyridine rings is 1. The molecule has 2 aromatic heterocycles. The Balaban J connectivity index is 1.39. The van der Waals surface area contributed by atoms with Gasteiger partial charge in [-0.2, -0.15) is 0 Å². The summed E-state index contributed by atoms with van der Waals surface area (Å²) in [6.07, 6.45) is 4.49. The van der Waals surface area contributed by atoms with Crippen LogP contribution in [0.2, 0.25) is 0 Å². The van der Waals surface area contributed by atoms with Crippen molar-refractivity contribution in [3.63, 3.8) is 0 Å². The lowest BCUT2D eigenvalue weighted by Crippen LogP contribution is -2.48. The molecule has 0 spiro atoms. The Morgan fingerprint density at radius 1 is 1.21 bits per heavy atom. The average Bonchev–Trinajstić information content (AvgIpc) is 3.11. The summed E-state index contributed by atoms with van der Waals surface area (Å²) in [5.74, 6) is 0.306. The summed E-state index contributed by atoms with van der Waals surface area (Å²) in [7, 11) is 0. The van der Waals surface area contributed by atoms with Crippen LogP contribution in [-0.4, -0.2) is 46.9 Å². The van der Waals surface area contributed by atoms with Gasteiger partial charge >= 0.3 is 0 Å². The van der Waals surface area contributed by atoms with Gasteiger partial charge < -0.3 is 4.90 Å². The maximum Gasteiger partial charge on any atom is 0.222 e. The zero-order valence-corrected chi connectivity index (χ0v) is 15.1. The van der Waals surface area contributed by atoms with Crippen molar-refractivity contribution in [2.24, 2.45) is 0 Å². The van der Waals surface area contributed by atoms with Crippen molar-refractivity contribution in [2.75, 3.05) is 26.2 Å². The molecule has 4 nitrogen and oxygen atoms in total. The van der Waals surface area contributed by atoms with Crippen LogP contribution in [-0.2, 0) is 17.8 Å². The topological polar surface area (TPSA) is 36.4 Å². The lowest BCUT2D eigenvalue weighted by molar-refractivity contribution is -0.133. The summed E-state index contributed by atoms with van der Waals surface area (Å²) in [4.78, 5) is 22.6. The highest BCUT2D eigenvalue weighted by atomic mass is 32.1. The van der Waals surface area contributed by atoms with Gasteiger partial charge in [0.2, 0.25) is 5.91 Å². The van der Waals surface area contributed by atoms with Gasteiger partial charge in [-0.25, -0.2) is 0 Å². The van der Waals surface area contributed by atoms with Gasteiger partial charge in [-0.05, 0) is 42.8 Å². The van der Waals surface area contributed by atoms with Crippen LogP contribution in [0.25, 0.3) is 0 Å². The molecule has 0 bridgehead atoms. The zero-order valence-electron chi connectivity index (χ0n) is 14.3. The third-order valence-corrected chi connectivity index (χ3v) is 5.55. The first-order chi connectivity index (χ1) is 11.7. The number of carbonyl (C=O) groups excluding carboxylic acids is 1. The smallest absolute Gasteiger partial charge is 0.222 e. The quantitative estimate of drug-likeness (QED) is 0.808. The molecule has 0 aliphatic carbocycles. The minimum Gasteiger partial charge on any atom is -0.340 e. The van der Waals surface area contributed by atoms with Gasteiger partial charge in [-0.3, -0.25) is 14.7 Å². The van der Waals surface area contributed by atoms with E-state index in [9.17, 15) is 4.79 Å². The summed E-state index contributed by atoms with van der Waals surface area (Å²) >= 11 is 1.77. The molecule has 3 rings (SSSR count). The number of hydrogen-bond donors (Lipinski definition) is 0. The fourth-order valence-corrected chi connectivity index (χ4v) is 3.83. The van der Waals surface area contributed by atoms with E-state index in [1.165, 1.54) is 10.4 Å². The lowest BCUT2D eigenvalue weighted by Gasteiger charge is -2.34. The zero-order chi connectivity index (χ0) is 16.8. The van der Waals surface area contributed by atoms with Crippen molar-refractivity contribution in [3.05, 3.63) is 52.0 Å². The molecule has 0 unspecified atom stereocenters. The predicted molar refractivity (Wildman–Crippen MR) is 98.1 cm³/mol. The van der Waals surface area contributed by atoms with Crippen LogP contribution in [0.4, 0.5) is 0 Å². The molecule has 1 saturated heterocycles. The van der Waals surface area contributed by atoms with E-state index < -0.39 is 0 Å². The van der Waals surface area contributed by atoms with Crippen LogP contribution in [0.1, 0.15) is 29.0 Å². The number of rotatable bonds is 6. The van der Waals surface area contributed by atoms with E-state index in [-0.39, 0.29) is 0 Å². The van der Waals surface area contributed by atoms with Gasteiger partial charge in [0.25, 0.3) is 0 Å². The molecule has 24 heavy (non-hydrogen) atoms. The number of thiophene rings is 1. The van der Waals surface area contributed by atoms with Crippen molar-refractivity contribution in [1.29, 1.82) is 0 Å². The molecule has 1 fully saturated rings. The maximum absolute atomic E-state index is 12.3. The molecule has 0 saturated carbocycles. The SMILES string of the molecule is Cc1cccnc1CN1CCN(C(=O)CCCc2cccs2)CC1. The van der Waals surface area contributed by atoms with E-state index in [0.717, 1.165) is 51.3 Å². The summed E-state index contributed by atoms with van der Waals surface area (Å²) in [6, 6.07) is 8.30. The first kappa shape index (κ1) is 17.1. The van der Waals surface area contributed by atoms with Crippen LogP contribution in [0.5, 0.6) is 0 Å². The monoisotopic (exact) mass is 343 g/mol. The second kappa shape index (κ2) is 8.40. The minimum atomic E-state index is 0.306. The van der Waals surface area contributed by atoms with Gasteiger partial charge in [0.05, 0.1) is 5.69 Å². The number of hydrogen-bond acceptors (Lipinski definition) is 4. The predicted octanol–water partition coefficient (Wildman–Crippen LogP) is 3.12. The van der Waals surface area contributed by atoms with Crippen molar-refractivity contribution in [2.45, 2.75) is 32.7 Å². The van der Waals surface area contributed by atoms with E-state index in [4.69, 9.17) is 0 Å². The summed E-state index contributed by atoms with van der Waals surface area (Å²) in [6.45, 7) is 6.54. The Morgan fingerprint density at radius 3 is 2.75 bits per heavy atom. The summed E-state index contributed by atoms with van der Waals surface area (Å²) in [5, 5.41) is 2.10. The molecule has 1 amide bonds. The lowest BCUT2D eigenvalue weighted by atomic mass is 10.1. The molecule has 1 aliphatic heterocycles. The first-order valence-corrected chi connectivity index (χ1v) is 9.53. The van der Waals surface area contributed by atoms with E-state index >= 15 is 0 Å². The van der Waals surface area contributed by atoms with Gasteiger partial charge in [0, 0.05) is 50.2 Å². The fraction of sp³-hybridized carbons (Fsp3) is 0.474. The van der Waals surface area contributed by atoms with Crippen LogP contribution in [0, 0.1) is 6.92 Å². The summed E-state index contributed by atoms with van der Waals surface area (Å²) in [5.41, 5.74) is 2.39. The maximum atomic E-state index is 12.3. The third kappa shape index (κ3) is 4.65. The highest BCUT2D eigenvalue weighted by molar-refractivity contribution is 7.09. The van der Waals surface area contributed by atoms with E-state index in [1.54, 1.807) is 11.3 Å². The number of amides is 1. The van der Waals surface area contributed by atoms with Crippen molar-refractivity contribution in [1.82, 2.24) is 14.8 Å². The molecule has 0 aromatic carbocycles. The molecule has 3 heterocycles.